The monoisotopic (exact) mass is 208 g/mol. The molecule has 0 aliphatic rings. The fraction of sp³-hybridized carbons (Fsp3) is 0.333. The molecule has 0 spiro atoms. The summed E-state index contributed by atoms with van der Waals surface area (Å²) in [6.07, 6.45) is 1.24. The van der Waals surface area contributed by atoms with E-state index in [0.717, 1.165) is 6.29 Å². The van der Waals surface area contributed by atoms with Gasteiger partial charge in [-0.25, -0.2) is 0 Å². The Labute approximate surface area is 90.1 Å². The molecule has 3 nitrogen and oxygen atoms in total. The number of rotatable bonds is 5. The van der Waals surface area contributed by atoms with Crippen molar-refractivity contribution in [2.24, 2.45) is 0 Å². The highest BCUT2D eigenvalue weighted by Gasteiger charge is 2.10. The van der Waals surface area contributed by atoms with E-state index in [9.17, 15) is 9.59 Å². The maximum absolute atomic E-state index is 11.5. The minimum atomic E-state index is -0.0606. The number of para-hydroxylation sites is 1. The third kappa shape index (κ3) is 3.54. The summed E-state index contributed by atoms with van der Waals surface area (Å²) < 4.78 is 5.04. The third-order valence-electron chi connectivity index (χ3n) is 1.90. The molecule has 0 aliphatic heterocycles. The van der Waals surface area contributed by atoms with Crippen molar-refractivity contribution >= 4 is 12.1 Å². The first-order valence-electron chi connectivity index (χ1n) is 4.39. The van der Waals surface area contributed by atoms with Crippen LogP contribution in [0.2, 0.25) is 0 Å². The van der Waals surface area contributed by atoms with Crippen molar-refractivity contribution < 1.29 is 14.3 Å². The molecular formula is C12H16O3. The zero-order chi connectivity index (χ0) is 10.4. The molecule has 0 fully saturated rings. The zero-order valence-electron chi connectivity index (χ0n) is 8.03. The predicted molar refractivity (Wildman–Crippen MR) is 59.4 cm³/mol. The Hall–Kier alpha value is -1.64. The molecule has 1 rings (SSSR count). The quantitative estimate of drug-likeness (QED) is 0.551. The summed E-state index contributed by atoms with van der Waals surface area (Å²) in [5.74, 6) is 0.498. The Morgan fingerprint density at radius 1 is 1.40 bits per heavy atom. The highest BCUT2D eigenvalue weighted by atomic mass is 16.5. The summed E-state index contributed by atoms with van der Waals surface area (Å²) in [6, 6.07) is 7.01. The Kier molecular flexibility index (Phi) is 6.02. The van der Waals surface area contributed by atoms with Crippen LogP contribution >= 0.6 is 0 Å². The maximum Gasteiger partial charge on any atom is 0.167 e. The van der Waals surface area contributed by atoms with Crippen LogP contribution in [-0.4, -0.2) is 19.2 Å². The molecule has 0 aromatic heterocycles. The molecule has 1 aromatic rings. The summed E-state index contributed by atoms with van der Waals surface area (Å²) in [5, 5.41) is 0. The standard InChI is InChI=1S/C11H12O3.CH4/c1-14-11-7-3-2-5-9(11)10(13)6-4-8-12;/h2-3,5,7-8H,4,6H2,1H3;1H4. The molecule has 0 aliphatic carbocycles. The lowest BCUT2D eigenvalue weighted by atomic mass is 10.1. The zero-order valence-corrected chi connectivity index (χ0v) is 8.03. The fourth-order valence-corrected chi connectivity index (χ4v) is 1.20. The van der Waals surface area contributed by atoms with E-state index >= 15 is 0 Å². The molecule has 15 heavy (non-hydrogen) atoms. The van der Waals surface area contributed by atoms with Crippen molar-refractivity contribution in [3.8, 4) is 5.75 Å². The van der Waals surface area contributed by atoms with Gasteiger partial charge < -0.3 is 9.53 Å². The maximum atomic E-state index is 11.5. The van der Waals surface area contributed by atoms with E-state index in [4.69, 9.17) is 4.74 Å². The van der Waals surface area contributed by atoms with Gasteiger partial charge in [0.05, 0.1) is 12.7 Å². The lowest BCUT2D eigenvalue weighted by Gasteiger charge is -2.05. The number of hydrogen-bond donors (Lipinski definition) is 0. The number of hydrogen-bond acceptors (Lipinski definition) is 3. The highest BCUT2D eigenvalue weighted by Crippen LogP contribution is 2.19. The van der Waals surface area contributed by atoms with Crippen molar-refractivity contribution in [2.45, 2.75) is 20.3 Å². The summed E-state index contributed by atoms with van der Waals surface area (Å²) >= 11 is 0. The molecule has 0 unspecified atom stereocenters. The lowest BCUT2D eigenvalue weighted by molar-refractivity contribution is -0.107. The third-order valence-corrected chi connectivity index (χ3v) is 1.90. The molecule has 0 bridgehead atoms. The van der Waals surface area contributed by atoms with E-state index in [1.54, 1.807) is 24.3 Å². The van der Waals surface area contributed by atoms with Gasteiger partial charge in [-0.2, -0.15) is 0 Å². The first kappa shape index (κ1) is 13.4. The van der Waals surface area contributed by atoms with E-state index in [0.29, 0.717) is 11.3 Å². The van der Waals surface area contributed by atoms with Crippen molar-refractivity contribution in [1.29, 1.82) is 0 Å². The molecule has 0 heterocycles. The van der Waals surface area contributed by atoms with Gasteiger partial charge in [0.2, 0.25) is 0 Å². The van der Waals surface area contributed by atoms with Crippen molar-refractivity contribution in [3.63, 3.8) is 0 Å². The van der Waals surface area contributed by atoms with E-state index in [2.05, 4.69) is 0 Å². The van der Waals surface area contributed by atoms with Gasteiger partial charge in [0.1, 0.15) is 12.0 Å². The van der Waals surface area contributed by atoms with Crippen LogP contribution in [0.25, 0.3) is 0 Å². The largest absolute Gasteiger partial charge is 0.496 e. The van der Waals surface area contributed by atoms with Gasteiger partial charge >= 0.3 is 0 Å². The molecule has 0 saturated heterocycles. The van der Waals surface area contributed by atoms with Crippen LogP contribution < -0.4 is 4.74 Å². The van der Waals surface area contributed by atoms with Gasteiger partial charge in [0, 0.05) is 12.8 Å². The molecular weight excluding hydrogens is 192 g/mol. The summed E-state index contributed by atoms with van der Waals surface area (Å²) in [6.45, 7) is 0. The average molecular weight is 208 g/mol. The van der Waals surface area contributed by atoms with Gasteiger partial charge in [0.25, 0.3) is 0 Å². The van der Waals surface area contributed by atoms with E-state index in [-0.39, 0.29) is 26.1 Å². The molecule has 3 heteroatoms. The second-order valence-electron chi connectivity index (χ2n) is 2.83. The Morgan fingerprint density at radius 3 is 2.67 bits per heavy atom. The van der Waals surface area contributed by atoms with Gasteiger partial charge in [-0.05, 0) is 12.1 Å². The number of methoxy groups -OCH3 is 1. The van der Waals surface area contributed by atoms with Crippen LogP contribution in [0.5, 0.6) is 5.75 Å². The van der Waals surface area contributed by atoms with Gasteiger partial charge in [-0.1, -0.05) is 19.6 Å². The number of carbonyl (C=O) groups excluding carboxylic acids is 2. The van der Waals surface area contributed by atoms with E-state index in [1.165, 1.54) is 7.11 Å². The molecule has 0 radical (unpaired) electrons. The number of aldehydes is 1. The topological polar surface area (TPSA) is 43.4 Å². The second kappa shape index (κ2) is 6.76. The van der Waals surface area contributed by atoms with Crippen molar-refractivity contribution in [1.82, 2.24) is 0 Å². The van der Waals surface area contributed by atoms with E-state index < -0.39 is 0 Å². The number of ketones is 1. The minimum absolute atomic E-state index is 0. The van der Waals surface area contributed by atoms with Crippen molar-refractivity contribution in [2.75, 3.05) is 7.11 Å². The number of ether oxygens (including phenoxy) is 1. The molecule has 0 atom stereocenters. The highest BCUT2D eigenvalue weighted by molar-refractivity contribution is 5.99. The predicted octanol–water partition coefficient (Wildman–Crippen LogP) is 2.49. The Bertz CT molecular complexity index is 331. The molecule has 0 saturated carbocycles. The molecule has 0 N–H and O–H groups in total. The fourth-order valence-electron chi connectivity index (χ4n) is 1.20. The molecule has 82 valence electrons. The van der Waals surface area contributed by atoms with Crippen LogP contribution in [0, 0.1) is 0 Å². The first-order chi connectivity index (χ1) is 6.79. The summed E-state index contributed by atoms with van der Waals surface area (Å²) in [5.41, 5.74) is 0.539. The Morgan fingerprint density at radius 2 is 2.07 bits per heavy atom. The smallest absolute Gasteiger partial charge is 0.167 e. The normalized spacial score (nSPS) is 8.87. The van der Waals surface area contributed by atoms with Crippen LogP contribution in [0.4, 0.5) is 0 Å². The van der Waals surface area contributed by atoms with Crippen LogP contribution in [0.1, 0.15) is 30.6 Å². The summed E-state index contributed by atoms with van der Waals surface area (Å²) in [7, 11) is 1.52. The molecule has 0 amide bonds. The van der Waals surface area contributed by atoms with Gasteiger partial charge in [-0.3, -0.25) is 4.79 Å². The average Bonchev–Trinajstić information content (AvgIpc) is 2.25. The number of carbonyl (C=O) groups is 2. The van der Waals surface area contributed by atoms with Crippen LogP contribution in [0.3, 0.4) is 0 Å². The first-order valence-corrected chi connectivity index (χ1v) is 4.39. The minimum Gasteiger partial charge on any atom is -0.496 e. The Balaban J connectivity index is 0.00000196. The number of Topliss-reactive ketones (excluding diaryl/α,β-unsaturated/α-hetero) is 1. The molecule has 1 aromatic carbocycles. The van der Waals surface area contributed by atoms with Crippen molar-refractivity contribution in [3.05, 3.63) is 29.8 Å². The van der Waals surface area contributed by atoms with Gasteiger partial charge in [-0.15, -0.1) is 0 Å². The van der Waals surface area contributed by atoms with Crippen LogP contribution in [-0.2, 0) is 4.79 Å². The summed E-state index contributed by atoms with van der Waals surface area (Å²) in [4.78, 5) is 21.7. The van der Waals surface area contributed by atoms with Gasteiger partial charge in [0.15, 0.2) is 5.78 Å². The number of benzene rings is 1. The van der Waals surface area contributed by atoms with E-state index in [1.807, 2.05) is 0 Å². The lowest BCUT2D eigenvalue weighted by Crippen LogP contribution is -2.01. The second-order valence-corrected chi connectivity index (χ2v) is 2.83. The SMILES string of the molecule is C.COc1ccccc1C(=O)CCC=O. The van der Waals surface area contributed by atoms with Crippen LogP contribution in [0.15, 0.2) is 24.3 Å².